The lowest BCUT2D eigenvalue weighted by molar-refractivity contribution is -0.136. The fraction of sp³-hybridized carbons (Fsp3) is 0.609. The number of rotatable bonds is 13. The Hall–Kier alpha value is -2.65. The van der Waals surface area contributed by atoms with Gasteiger partial charge < -0.3 is 29.7 Å². The predicted molar refractivity (Wildman–Crippen MR) is 119 cm³/mol. The van der Waals surface area contributed by atoms with Crippen molar-refractivity contribution >= 4 is 17.9 Å². The Kier molecular flexibility index (Phi) is 11.0. The number of ether oxygens (including phenoxy) is 3. The molecule has 3 amide bonds. The average Bonchev–Trinajstić information content (AvgIpc) is 3.24. The zero-order chi connectivity index (χ0) is 23.2. The molecular weight excluding hydrogens is 414 g/mol. The van der Waals surface area contributed by atoms with Crippen molar-refractivity contribution in [1.29, 1.82) is 0 Å². The van der Waals surface area contributed by atoms with Gasteiger partial charge in [0.1, 0.15) is 6.61 Å². The SMILES string of the molecule is CCOCCNC(=O)C[C@]1(C(=O)NCCOCC)CCN(C(=O)OCc2ccccc2)C1. The summed E-state index contributed by atoms with van der Waals surface area (Å²) in [4.78, 5) is 39.7. The number of carbonyl (C=O) groups excluding carboxylic acids is 3. The first kappa shape index (κ1) is 25.6. The zero-order valence-corrected chi connectivity index (χ0v) is 19.1. The number of benzene rings is 1. The Labute approximate surface area is 189 Å². The molecule has 0 aromatic heterocycles. The Bertz CT molecular complexity index is 730. The Morgan fingerprint density at radius 3 is 2.31 bits per heavy atom. The van der Waals surface area contributed by atoms with E-state index in [0.29, 0.717) is 52.5 Å². The summed E-state index contributed by atoms with van der Waals surface area (Å²) in [5, 5.41) is 5.64. The molecule has 0 unspecified atom stereocenters. The molecule has 32 heavy (non-hydrogen) atoms. The summed E-state index contributed by atoms with van der Waals surface area (Å²) in [6.07, 6.45) is -0.121. The molecule has 0 radical (unpaired) electrons. The molecular formula is C23H35N3O6. The van der Waals surface area contributed by atoms with Crippen molar-refractivity contribution in [2.75, 3.05) is 52.6 Å². The maximum atomic E-state index is 13.0. The van der Waals surface area contributed by atoms with Gasteiger partial charge in [-0.3, -0.25) is 9.59 Å². The van der Waals surface area contributed by atoms with Crippen LogP contribution in [0.2, 0.25) is 0 Å². The summed E-state index contributed by atoms with van der Waals surface area (Å²) in [5.74, 6) is -0.500. The number of nitrogens with zero attached hydrogens (tertiary/aromatic N) is 1. The van der Waals surface area contributed by atoms with Gasteiger partial charge in [-0.05, 0) is 25.8 Å². The van der Waals surface area contributed by atoms with Crippen molar-refractivity contribution in [3.8, 4) is 0 Å². The van der Waals surface area contributed by atoms with Gasteiger partial charge in [-0.1, -0.05) is 30.3 Å². The van der Waals surface area contributed by atoms with Gasteiger partial charge in [0.15, 0.2) is 0 Å². The second-order valence-corrected chi connectivity index (χ2v) is 7.67. The highest BCUT2D eigenvalue weighted by Crippen LogP contribution is 2.35. The van der Waals surface area contributed by atoms with Crippen molar-refractivity contribution in [3.63, 3.8) is 0 Å². The van der Waals surface area contributed by atoms with Gasteiger partial charge in [0.2, 0.25) is 11.8 Å². The van der Waals surface area contributed by atoms with Crippen LogP contribution in [-0.2, 0) is 30.4 Å². The van der Waals surface area contributed by atoms with Crippen LogP contribution in [0.3, 0.4) is 0 Å². The van der Waals surface area contributed by atoms with Gasteiger partial charge in [-0.25, -0.2) is 4.79 Å². The third kappa shape index (κ3) is 8.12. The highest BCUT2D eigenvalue weighted by Gasteiger charge is 2.47. The van der Waals surface area contributed by atoms with Crippen LogP contribution in [0.1, 0.15) is 32.3 Å². The maximum absolute atomic E-state index is 13.0. The molecule has 9 heteroatoms. The van der Waals surface area contributed by atoms with Crippen LogP contribution in [0.5, 0.6) is 0 Å². The molecule has 1 fully saturated rings. The Morgan fingerprint density at radius 2 is 1.66 bits per heavy atom. The summed E-state index contributed by atoms with van der Waals surface area (Å²) in [6, 6.07) is 9.39. The second kappa shape index (κ2) is 13.7. The monoisotopic (exact) mass is 449 g/mol. The second-order valence-electron chi connectivity index (χ2n) is 7.67. The molecule has 1 aromatic rings. The highest BCUT2D eigenvalue weighted by molar-refractivity contribution is 5.90. The van der Waals surface area contributed by atoms with E-state index in [0.717, 1.165) is 5.56 Å². The minimum Gasteiger partial charge on any atom is -0.445 e. The largest absolute Gasteiger partial charge is 0.445 e. The number of hydrogen-bond acceptors (Lipinski definition) is 6. The standard InChI is InChI=1S/C23H35N3O6/c1-3-30-14-11-24-20(27)16-23(21(28)25-12-15-31-4-2)10-13-26(18-23)22(29)32-17-19-8-6-5-7-9-19/h5-9H,3-4,10-18H2,1-2H3,(H,24,27)(H,25,28)/t23-/m1/s1. The van der Waals surface area contributed by atoms with E-state index in [2.05, 4.69) is 10.6 Å². The Balaban J connectivity index is 1.96. The van der Waals surface area contributed by atoms with Crippen molar-refractivity contribution in [1.82, 2.24) is 15.5 Å². The van der Waals surface area contributed by atoms with Gasteiger partial charge >= 0.3 is 6.09 Å². The molecule has 0 aliphatic carbocycles. The third-order valence-electron chi connectivity index (χ3n) is 5.31. The van der Waals surface area contributed by atoms with Crippen molar-refractivity contribution in [2.45, 2.75) is 33.3 Å². The first-order valence-electron chi connectivity index (χ1n) is 11.2. The maximum Gasteiger partial charge on any atom is 0.410 e. The van der Waals surface area contributed by atoms with Crippen molar-refractivity contribution in [3.05, 3.63) is 35.9 Å². The predicted octanol–water partition coefficient (Wildman–Crippen LogP) is 1.71. The lowest BCUT2D eigenvalue weighted by Gasteiger charge is -2.27. The molecule has 2 N–H and O–H groups in total. The quantitative estimate of drug-likeness (QED) is 0.444. The highest BCUT2D eigenvalue weighted by atomic mass is 16.6. The molecule has 1 saturated heterocycles. The zero-order valence-electron chi connectivity index (χ0n) is 19.1. The van der Waals surface area contributed by atoms with Crippen LogP contribution >= 0.6 is 0 Å². The van der Waals surface area contributed by atoms with Crippen LogP contribution in [0, 0.1) is 5.41 Å². The number of carbonyl (C=O) groups is 3. The van der Waals surface area contributed by atoms with Crippen molar-refractivity contribution in [2.24, 2.45) is 5.41 Å². The summed E-state index contributed by atoms with van der Waals surface area (Å²) >= 11 is 0. The van der Waals surface area contributed by atoms with Crippen molar-refractivity contribution < 1.29 is 28.6 Å². The summed E-state index contributed by atoms with van der Waals surface area (Å²) in [5.41, 5.74) is -0.123. The van der Waals surface area contributed by atoms with E-state index in [1.165, 1.54) is 4.90 Å². The summed E-state index contributed by atoms with van der Waals surface area (Å²) in [7, 11) is 0. The lowest BCUT2D eigenvalue weighted by Crippen LogP contribution is -2.47. The molecule has 178 valence electrons. The van der Waals surface area contributed by atoms with Crippen LogP contribution in [-0.4, -0.2) is 75.4 Å². The third-order valence-corrected chi connectivity index (χ3v) is 5.31. The first-order valence-corrected chi connectivity index (χ1v) is 11.2. The van der Waals surface area contributed by atoms with E-state index in [1.54, 1.807) is 0 Å². The molecule has 1 heterocycles. The van der Waals surface area contributed by atoms with Crippen LogP contribution in [0.4, 0.5) is 4.79 Å². The fourth-order valence-electron chi connectivity index (χ4n) is 3.59. The fourth-order valence-corrected chi connectivity index (χ4v) is 3.59. The molecule has 1 aromatic carbocycles. The minimum atomic E-state index is -1.01. The molecule has 2 rings (SSSR count). The summed E-state index contributed by atoms with van der Waals surface area (Å²) < 4.78 is 15.9. The molecule has 0 saturated carbocycles. The van der Waals surface area contributed by atoms with Crippen LogP contribution < -0.4 is 10.6 Å². The molecule has 0 bridgehead atoms. The summed E-state index contributed by atoms with van der Waals surface area (Å²) in [6.45, 7) is 7.04. The smallest absolute Gasteiger partial charge is 0.410 e. The van der Waals surface area contributed by atoms with Gasteiger partial charge in [0.05, 0.1) is 18.6 Å². The van der Waals surface area contributed by atoms with E-state index in [-0.39, 0.29) is 31.4 Å². The van der Waals surface area contributed by atoms with Gasteiger partial charge in [0.25, 0.3) is 0 Å². The molecule has 1 aliphatic rings. The molecule has 9 nitrogen and oxygen atoms in total. The van der Waals surface area contributed by atoms with E-state index in [9.17, 15) is 14.4 Å². The lowest BCUT2D eigenvalue weighted by atomic mass is 9.82. The average molecular weight is 450 g/mol. The molecule has 1 aliphatic heterocycles. The van der Waals surface area contributed by atoms with Gasteiger partial charge in [-0.2, -0.15) is 0 Å². The number of likely N-dealkylation sites (tertiary alicyclic amines) is 1. The van der Waals surface area contributed by atoms with Gasteiger partial charge in [-0.15, -0.1) is 0 Å². The number of nitrogens with one attached hydrogen (secondary N) is 2. The van der Waals surface area contributed by atoms with Gasteiger partial charge in [0, 0.05) is 45.8 Å². The molecule has 1 atom stereocenters. The first-order chi connectivity index (χ1) is 15.5. The van der Waals surface area contributed by atoms with Crippen LogP contribution in [0.15, 0.2) is 30.3 Å². The normalized spacial score (nSPS) is 17.8. The topological polar surface area (TPSA) is 106 Å². The minimum absolute atomic E-state index is 0.0118. The van der Waals surface area contributed by atoms with E-state index < -0.39 is 11.5 Å². The van der Waals surface area contributed by atoms with E-state index in [1.807, 2.05) is 44.2 Å². The number of hydrogen-bond donors (Lipinski definition) is 2. The van der Waals surface area contributed by atoms with Crippen LogP contribution in [0.25, 0.3) is 0 Å². The Morgan fingerprint density at radius 1 is 1.00 bits per heavy atom. The van der Waals surface area contributed by atoms with E-state index in [4.69, 9.17) is 14.2 Å². The number of amides is 3. The molecule has 0 spiro atoms. The van der Waals surface area contributed by atoms with E-state index >= 15 is 0 Å².